The summed E-state index contributed by atoms with van der Waals surface area (Å²) in [7, 11) is 1.81. The zero-order valence-electron chi connectivity index (χ0n) is 23.6. The Kier molecular flexibility index (Phi) is 12.1. The van der Waals surface area contributed by atoms with Gasteiger partial charge < -0.3 is 10.4 Å². The first-order valence-corrected chi connectivity index (χ1v) is 13.3. The van der Waals surface area contributed by atoms with Gasteiger partial charge in [0.2, 0.25) is 18.2 Å². The number of hydrogen-bond donors (Lipinski definition) is 2. The van der Waals surface area contributed by atoms with Crippen LogP contribution in [-0.2, 0) is 25.7 Å². The van der Waals surface area contributed by atoms with Gasteiger partial charge in [0.05, 0.1) is 12.0 Å². The average Bonchev–Trinajstić information content (AvgIpc) is 2.92. The van der Waals surface area contributed by atoms with Crippen LogP contribution >= 0.6 is 0 Å². The summed E-state index contributed by atoms with van der Waals surface area (Å²) in [6.45, 7) is 7.75. The Bertz CT molecular complexity index is 1130. The smallest absolute Gasteiger partial charge is 0.305 e. The SMILES string of the molecule is CCC(C)CC(C(=O)NCCC(=O)O)N(C=O)C(=O)C(C)(C)N(C)Cc1ccc(/C=C/c2ccccc2)cc1. The van der Waals surface area contributed by atoms with Gasteiger partial charge in [0.15, 0.2) is 0 Å². The standard InChI is InChI=1S/C31H41N3O5/c1-6-23(2)20-27(29(38)32-19-18-28(36)37)34(22-35)30(39)31(3,4)33(5)21-26-16-14-25(15-17-26)13-12-24-10-8-7-9-11-24/h7-17,22-23,27H,6,18-21H2,1-5H3,(H,32,38)(H,36,37)/b13-12+. The second-order valence-electron chi connectivity index (χ2n) is 10.4. The number of benzene rings is 2. The molecule has 0 aliphatic rings. The Morgan fingerprint density at radius 1 is 1.00 bits per heavy atom. The van der Waals surface area contributed by atoms with Crippen LogP contribution in [0.2, 0.25) is 0 Å². The van der Waals surface area contributed by atoms with Gasteiger partial charge in [-0.2, -0.15) is 0 Å². The third-order valence-corrected chi connectivity index (χ3v) is 7.09. The average molecular weight is 536 g/mol. The van der Waals surface area contributed by atoms with Crippen LogP contribution < -0.4 is 5.32 Å². The number of nitrogens with zero attached hydrogens (tertiary/aromatic N) is 2. The normalized spacial score (nSPS) is 13.2. The molecule has 210 valence electrons. The van der Waals surface area contributed by atoms with Crippen molar-refractivity contribution in [1.29, 1.82) is 0 Å². The first-order chi connectivity index (χ1) is 18.5. The predicted molar refractivity (Wildman–Crippen MR) is 153 cm³/mol. The number of rotatable bonds is 15. The molecule has 0 fully saturated rings. The van der Waals surface area contributed by atoms with Crippen molar-refractivity contribution in [3.63, 3.8) is 0 Å². The molecule has 0 bridgehead atoms. The molecule has 39 heavy (non-hydrogen) atoms. The monoisotopic (exact) mass is 535 g/mol. The van der Waals surface area contributed by atoms with E-state index < -0.39 is 29.4 Å². The predicted octanol–water partition coefficient (Wildman–Crippen LogP) is 4.45. The van der Waals surface area contributed by atoms with Gasteiger partial charge in [-0.3, -0.25) is 29.0 Å². The van der Waals surface area contributed by atoms with Crippen molar-refractivity contribution in [2.75, 3.05) is 13.6 Å². The van der Waals surface area contributed by atoms with Crippen molar-refractivity contribution in [2.24, 2.45) is 5.92 Å². The van der Waals surface area contributed by atoms with Crippen molar-refractivity contribution in [3.05, 3.63) is 71.3 Å². The number of carboxylic acid groups (broad SMARTS) is 1. The van der Waals surface area contributed by atoms with E-state index in [0.29, 0.717) is 13.0 Å². The Balaban J connectivity index is 2.14. The fourth-order valence-electron chi connectivity index (χ4n) is 4.01. The molecule has 8 heteroatoms. The van der Waals surface area contributed by atoms with Gasteiger partial charge >= 0.3 is 5.97 Å². The van der Waals surface area contributed by atoms with Gasteiger partial charge in [-0.25, -0.2) is 0 Å². The number of likely N-dealkylation sites (N-methyl/N-ethyl adjacent to an activating group) is 1. The van der Waals surface area contributed by atoms with Crippen LogP contribution in [0, 0.1) is 5.92 Å². The van der Waals surface area contributed by atoms with Crippen LogP contribution in [0.1, 0.15) is 63.6 Å². The summed E-state index contributed by atoms with van der Waals surface area (Å²) in [4.78, 5) is 52.5. The maximum atomic E-state index is 13.7. The zero-order chi connectivity index (χ0) is 29.0. The highest BCUT2D eigenvalue weighted by molar-refractivity contribution is 5.98. The van der Waals surface area contributed by atoms with E-state index in [1.165, 1.54) is 0 Å². The van der Waals surface area contributed by atoms with Gasteiger partial charge in [0, 0.05) is 13.1 Å². The molecular weight excluding hydrogens is 494 g/mol. The van der Waals surface area contributed by atoms with Gasteiger partial charge in [-0.05, 0) is 49.9 Å². The van der Waals surface area contributed by atoms with Crippen LogP contribution in [0.5, 0.6) is 0 Å². The minimum absolute atomic E-state index is 0.0748. The molecular formula is C31H41N3O5. The number of imide groups is 1. The molecule has 0 heterocycles. The molecule has 2 rings (SSSR count). The van der Waals surface area contributed by atoms with E-state index in [1.54, 1.807) is 20.9 Å². The number of carbonyl (C=O) groups is 4. The molecule has 3 amide bonds. The van der Waals surface area contributed by atoms with Gasteiger partial charge in [-0.1, -0.05) is 87.0 Å². The van der Waals surface area contributed by atoms with E-state index in [1.807, 2.05) is 85.5 Å². The molecule has 8 nitrogen and oxygen atoms in total. The fraction of sp³-hybridized carbons (Fsp3) is 0.419. The van der Waals surface area contributed by atoms with Crippen molar-refractivity contribution in [2.45, 2.75) is 65.1 Å². The van der Waals surface area contributed by atoms with Crippen LogP contribution in [0.15, 0.2) is 54.6 Å². The molecule has 2 aromatic carbocycles. The number of carboxylic acids is 1. The summed E-state index contributed by atoms with van der Waals surface area (Å²) in [6, 6.07) is 17.0. The fourth-order valence-corrected chi connectivity index (χ4v) is 4.01. The van der Waals surface area contributed by atoms with Crippen molar-refractivity contribution >= 4 is 36.3 Å². The minimum Gasteiger partial charge on any atom is -0.481 e. The topological polar surface area (TPSA) is 107 Å². The highest BCUT2D eigenvalue weighted by atomic mass is 16.4. The maximum Gasteiger partial charge on any atom is 0.305 e. The molecule has 0 aliphatic carbocycles. The zero-order valence-corrected chi connectivity index (χ0v) is 23.6. The first-order valence-electron chi connectivity index (χ1n) is 13.3. The first kappa shape index (κ1) is 31.4. The number of carbonyl (C=O) groups excluding carboxylic acids is 3. The lowest BCUT2D eigenvalue weighted by Crippen LogP contribution is -2.59. The van der Waals surface area contributed by atoms with Crippen LogP contribution in [0.3, 0.4) is 0 Å². The second kappa shape index (κ2) is 15.0. The Morgan fingerprint density at radius 2 is 1.59 bits per heavy atom. The Hall–Kier alpha value is -3.78. The molecule has 0 radical (unpaired) electrons. The van der Waals surface area contributed by atoms with E-state index in [9.17, 15) is 19.2 Å². The van der Waals surface area contributed by atoms with E-state index >= 15 is 0 Å². The molecule has 2 atom stereocenters. The lowest BCUT2D eigenvalue weighted by atomic mass is 9.94. The third-order valence-electron chi connectivity index (χ3n) is 7.09. The number of amides is 3. The Morgan fingerprint density at radius 3 is 2.13 bits per heavy atom. The van der Waals surface area contributed by atoms with E-state index in [2.05, 4.69) is 5.32 Å². The molecule has 2 N–H and O–H groups in total. The molecule has 2 unspecified atom stereocenters. The summed E-state index contributed by atoms with van der Waals surface area (Å²) >= 11 is 0. The van der Waals surface area contributed by atoms with Gasteiger partial charge in [0.1, 0.15) is 6.04 Å². The second-order valence-corrected chi connectivity index (χ2v) is 10.4. The summed E-state index contributed by atoms with van der Waals surface area (Å²) in [5.74, 6) is -2.00. The van der Waals surface area contributed by atoms with Crippen molar-refractivity contribution in [1.82, 2.24) is 15.1 Å². The van der Waals surface area contributed by atoms with Crippen LogP contribution in [-0.4, -0.2) is 64.3 Å². The highest BCUT2D eigenvalue weighted by Gasteiger charge is 2.41. The lowest BCUT2D eigenvalue weighted by molar-refractivity contribution is -0.154. The number of aliphatic carboxylic acids is 1. The summed E-state index contributed by atoms with van der Waals surface area (Å²) in [5, 5.41) is 11.5. The van der Waals surface area contributed by atoms with Gasteiger partial charge in [0.25, 0.3) is 0 Å². The van der Waals surface area contributed by atoms with E-state index in [0.717, 1.165) is 28.0 Å². The summed E-state index contributed by atoms with van der Waals surface area (Å²) in [6.07, 6.45) is 5.31. The quantitative estimate of drug-likeness (QED) is 0.258. The largest absolute Gasteiger partial charge is 0.481 e. The molecule has 0 aromatic heterocycles. The van der Waals surface area contributed by atoms with E-state index in [-0.39, 0.29) is 25.3 Å². The summed E-state index contributed by atoms with van der Waals surface area (Å²) < 4.78 is 0. The lowest BCUT2D eigenvalue weighted by Gasteiger charge is -2.39. The van der Waals surface area contributed by atoms with Crippen molar-refractivity contribution < 1.29 is 24.3 Å². The van der Waals surface area contributed by atoms with E-state index in [4.69, 9.17) is 5.11 Å². The molecule has 0 aliphatic heterocycles. The third kappa shape index (κ3) is 9.48. The maximum absolute atomic E-state index is 13.7. The van der Waals surface area contributed by atoms with Crippen molar-refractivity contribution in [3.8, 4) is 0 Å². The summed E-state index contributed by atoms with van der Waals surface area (Å²) in [5.41, 5.74) is 2.07. The number of nitrogens with one attached hydrogen (secondary N) is 1. The molecule has 0 saturated carbocycles. The van der Waals surface area contributed by atoms with Gasteiger partial charge in [-0.15, -0.1) is 0 Å². The molecule has 2 aromatic rings. The molecule has 0 spiro atoms. The van der Waals surface area contributed by atoms with Crippen LogP contribution in [0.25, 0.3) is 12.2 Å². The Labute approximate surface area is 231 Å². The highest BCUT2D eigenvalue weighted by Crippen LogP contribution is 2.23. The minimum atomic E-state index is -1.10. The molecule has 0 saturated heterocycles. The van der Waals surface area contributed by atoms with Crippen LogP contribution in [0.4, 0.5) is 0 Å². The number of hydrogen-bond acceptors (Lipinski definition) is 5.